The first-order valence-electron chi connectivity index (χ1n) is 14.9. The van der Waals surface area contributed by atoms with Gasteiger partial charge in [-0.25, -0.2) is 0 Å². The lowest BCUT2D eigenvalue weighted by atomic mass is 9.47. The summed E-state index contributed by atoms with van der Waals surface area (Å²) in [4.78, 5) is 0. The molecule has 4 fully saturated rings. The van der Waals surface area contributed by atoms with Crippen molar-refractivity contribution in [2.45, 2.75) is 130 Å². The lowest BCUT2D eigenvalue weighted by Crippen LogP contribution is -2.51. The fourth-order valence-electron chi connectivity index (χ4n) is 9.59. The molecule has 5 rings (SSSR count). The lowest BCUT2D eigenvalue weighted by molar-refractivity contribution is -0.195. The molecule has 0 aromatic carbocycles. The van der Waals surface area contributed by atoms with E-state index in [4.69, 9.17) is 9.47 Å². The van der Waals surface area contributed by atoms with Crippen LogP contribution in [0.1, 0.15) is 118 Å². The lowest BCUT2D eigenvalue weighted by Gasteiger charge is -2.58. The number of hydrogen-bond acceptors (Lipinski definition) is 2. The van der Waals surface area contributed by atoms with Crippen molar-refractivity contribution in [2.75, 3.05) is 6.61 Å². The van der Waals surface area contributed by atoms with Gasteiger partial charge in [0.25, 0.3) is 0 Å². The van der Waals surface area contributed by atoms with Crippen LogP contribution in [0, 0.1) is 40.4 Å². The van der Waals surface area contributed by atoms with Crippen molar-refractivity contribution in [1.82, 2.24) is 0 Å². The third-order valence-electron chi connectivity index (χ3n) is 11.5. The summed E-state index contributed by atoms with van der Waals surface area (Å²) in [7, 11) is 0. The maximum absolute atomic E-state index is 6.47. The Balaban J connectivity index is 1.26. The second-order valence-corrected chi connectivity index (χ2v) is 13.6. The van der Waals surface area contributed by atoms with Gasteiger partial charge in [-0.05, 0) is 138 Å². The smallest absolute Gasteiger partial charge is 0.157 e. The summed E-state index contributed by atoms with van der Waals surface area (Å²) in [6, 6.07) is 0. The van der Waals surface area contributed by atoms with Crippen LogP contribution in [0.15, 0.2) is 23.3 Å². The molecule has 9 atom stereocenters. The maximum atomic E-state index is 6.47. The number of rotatable bonds is 6. The van der Waals surface area contributed by atoms with Crippen LogP contribution in [0.5, 0.6) is 0 Å². The van der Waals surface area contributed by atoms with Crippen LogP contribution in [0.2, 0.25) is 0 Å². The molecule has 0 spiro atoms. The van der Waals surface area contributed by atoms with Crippen molar-refractivity contribution in [3.8, 4) is 0 Å². The van der Waals surface area contributed by atoms with E-state index in [2.05, 4.69) is 46.8 Å². The number of hydrogen-bond donors (Lipinski definition) is 0. The molecule has 192 valence electrons. The molecule has 1 aliphatic heterocycles. The van der Waals surface area contributed by atoms with Gasteiger partial charge in [0, 0.05) is 6.61 Å². The van der Waals surface area contributed by atoms with Gasteiger partial charge >= 0.3 is 0 Å². The van der Waals surface area contributed by atoms with Gasteiger partial charge in [-0.1, -0.05) is 44.1 Å². The van der Waals surface area contributed by atoms with E-state index in [1.807, 2.05) is 0 Å². The number of ether oxygens (including phenoxy) is 2. The van der Waals surface area contributed by atoms with E-state index >= 15 is 0 Å². The molecule has 2 heteroatoms. The van der Waals surface area contributed by atoms with Gasteiger partial charge in [-0.15, -0.1) is 0 Å². The predicted molar refractivity (Wildman–Crippen MR) is 141 cm³/mol. The highest BCUT2D eigenvalue weighted by atomic mass is 16.7. The molecule has 0 aromatic rings. The molecule has 0 N–H and O–H groups in total. The summed E-state index contributed by atoms with van der Waals surface area (Å²) in [6.07, 6.45) is 22.7. The Morgan fingerprint density at radius 3 is 2.71 bits per heavy atom. The van der Waals surface area contributed by atoms with Gasteiger partial charge in [0.2, 0.25) is 0 Å². The number of fused-ring (bicyclic) bond motifs is 5. The molecule has 4 aliphatic carbocycles. The van der Waals surface area contributed by atoms with E-state index in [-0.39, 0.29) is 6.29 Å². The Kier molecular flexibility index (Phi) is 7.40. The number of allylic oxidation sites excluding steroid dienone is 3. The summed E-state index contributed by atoms with van der Waals surface area (Å²) >= 11 is 0. The van der Waals surface area contributed by atoms with E-state index in [1.54, 1.807) is 5.57 Å². The van der Waals surface area contributed by atoms with Crippen molar-refractivity contribution in [2.24, 2.45) is 40.4 Å². The second-order valence-electron chi connectivity index (χ2n) is 13.6. The molecule has 2 nitrogen and oxygen atoms in total. The minimum Gasteiger partial charge on any atom is -0.353 e. The zero-order chi connectivity index (χ0) is 23.9. The van der Waals surface area contributed by atoms with Crippen LogP contribution in [0.3, 0.4) is 0 Å². The van der Waals surface area contributed by atoms with Crippen molar-refractivity contribution in [3.05, 3.63) is 23.3 Å². The molecule has 34 heavy (non-hydrogen) atoms. The Bertz CT molecular complexity index is 772. The van der Waals surface area contributed by atoms with Gasteiger partial charge in [-0.2, -0.15) is 0 Å². The van der Waals surface area contributed by atoms with E-state index in [0.717, 1.165) is 49.0 Å². The topological polar surface area (TPSA) is 18.5 Å². The molecule has 1 unspecified atom stereocenters. The minimum atomic E-state index is 0.0598. The maximum Gasteiger partial charge on any atom is 0.157 e. The summed E-state index contributed by atoms with van der Waals surface area (Å²) in [6.45, 7) is 13.3. The normalized spacial score (nSPS) is 44.9. The summed E-state index contributed by atoms with van der Waals surface area (Å²) in [5.74, 6) is 4.56. The Hall–Kier alpha value is -0.600. The Morgan fingerprint density at radius 1 is 1.09 bits per heavy atom. The van der Waals surface area contributed by atoms with Crippen LogP contribution in [-0.4, -0.2) is 19.0 Å². The largest absolute Gasteiger partial charge is 0.353 e. The second kappa shape index (κ2) is 10.0. The minimum absolute atomic E-state index is 0.0598. The predicted octanol–water partition coefficient (Wildman–Crippen LogP) is 8.86. The van der Waals surface area contributed by atoms with Crippen molar-refractivity contribution >= 4 is 0 Å². The van der Waals surface area contributed by atoms with Crippen molar-refractivity contribution in [3.63, 3.8) is 0 Å². The van der Waals surface area contributed by atoms with E-state index in [0.29, 0.717) is 16.9 Å². The highest BCUT2D eigenvalue weighted by molar-refractivity contribution is 5.25. The molecule has 0 bridgehead atoms. The SMILES string of the molecule is CC(C)=CCC[C@@H](C)[C@H]1CC[C@H]2[C@@H]3CC=C4C[C@@H](OC5CCCCO5)CC[C@]4(C)[C@H]3CC[C@]12C. The van der Waals surface area contributed by atoms with Gasteiger partial charge in [0.1, 0.15) is 0 Å². The highest BCUT2D eigenvalue weighted by Gasteiger charge is 2.59. The quantitative estimate of drug-likeness (QED) is 0.362. The fourth-order valence-corrected chi connectivity index (χ4v) is 9.59. The third kappa shape index (κ3) is 4.60. The van der Waals surface area contributed by atoms with Crippen LogP contribution < -0.4 is 0 Å². The van der Waals surface area contributed by atoms with Crippen LogP contribution >= 0.6 is 0 Å². The van der Waals surface area contributed by atoms with E-state index in [9.17, 15) is 0 Å². The standard InChI is InChI=1S/C32H52O2/c1-22(2)9-8-10-23(3)27-14-15-28-26-13-12-24-21-25(34-30-11-6-7-20-33-30)16-18-31(24,4)29(26)17-19-32(27,28)5/h9,12,23,25-30H,6-8,10-11,13-21H2,1-5H3/t23-,25+,26+,27-,28+,29+,30?,31+,32-/m1/s1. The first-order valence-corrected chi connectivity index (χ1v) is 14.9. The van der Waals surface area contributed by atoms with Crippen LogP contribution in [0.4, 0.5) is 0 Å². The summed E-state index contributed by atoms with van der Waals surface area (Å²) in [5, 5.41) is 0. The molecular formula is C32H52O2. The van der Waals surface area contributed by atoms with E-state index < -0.39 is 0 Å². The molecule has 0 radical (unpaired) electrons. The van der Waals surface area contributed by atoms with Gasteiger partial charge in [-0.3, -0.25) is 0 Å². The Labute approximate surface area is 210 Å². The Morgan fingerprint density at radius 2 is 1.94 bits per heavy atom. The summed E-state index contributed by atoms with van der Waals surface area (Å²) < 4.78 is 12.4. The molecule has 3 saturated carbocycles. The molecule has 1 heterocycles. The van der Waals surface area contributed by atoms with Crippen molar-refractivity contribution < 1.29 is 9.47 Å². The third-order valence-corrected chi connectivity index (χ3v) is 11.5. The van der Waals surface area contributed by atoms with Gasteiger partial charge in [0.15, 0.2) is 6.29 Å². The van der Waals surface area contributed by atoms with Crippen molar-refractivity contribution in [1.29, 1.82) is 0 Å². The van der Waals surface area contributed by atoms with Crippen LogP contribution in [0.25, 0.3) is 0 Å². The molecule has 5 aliphatic rings. The summed E-state index contributed by atoms with van der Waals surface area (Å²) in [5.41, 5.74) is 4.22. The molecular weight excluding hydrogens is 416 g/mol. The zero-order valence-electron chi connectivity index (χ0n) is 22.9. The van der Waals surface area contributed by atoms with Gasteiger partial charge < -0.3 is 9.47 Å². The average molecular weight is 469 g/mol. The zero-order valence-corrected chi connectivity index (χ0v) is 22.9. The molecule has 1 saturated heterocycles. The average Bonchev–Trinajstić information content (AvgIpc) is 3.17. The fraction of sp³-hybridized carbons (Fsp3) is 0.875. The molecule has 0 amide bonds. The monoisotopic (exact) mass is 468 g/mol. The van der Waals surface area contributed by atoms with Crippen LogP contribution in [-0.2, 0) is 9.47 Å². The van der Waals surface area contributed by atoms with E-state index in [1.165, 1.54) is 76.2 Å². The first kappa shape index (κ1) is 25.1. The van der Waals surface area contributed by atoms with Gasteiger partial charge in [0.05, 0.1) is 6.10 Å². The molecule has 0 aromatic heterocycles. The first-order chi connectivity index (χ1) is 16.3. The highest BCUT2D eigenvalue weighted by Crippen LogP contribution is 2.67.